The number of aromatic nitrogens is 1. The lowest BCUT2D eigenvalue weighted by Crippen LogP contribution is -2.08. The highest BCUT2D eigenvalue weighted by atomic mass is 19.3. The van der Waals surface area contributed by atoms with Gasteiger partial charge in [-0.25, -0.2) is 4.39 Å². The van der Waals surface area contributed by atoms with Gasteiger partial charge in [0.1, 0.15) is 0 Å². The molecule has 1 aromatic heterocycles. The van der Waals surface area contributed by atoms with Crippen molar-refractivity contribution in [3.05, 3.63) is 53.7 Å². The summed E-state index contributed by atoms with van der Waals surface area (Å²) in [6.07, 6.45) is 0. The molecule has 0 aliphatic carbocycles. The molecule has 132 valence electrons. The van der Waals surface area contributed by atoms with Crippen LogP contribution in [0.5, 0.6) is 5.75 Å². The molecule has 4 nitrogen and oxygen atoms in total. The SMILES string of the molecule is CC(=O)n1c(F)c(-c2cccc(F)c2OC(F)F)c2cc(C#N)ccc21. The first-order valence-corrected chi connectivity index (χ1v) is 7.33. The van der Waals surface area contributed by atoms with Crippen molar-refractivity contribution in [1.29, 1.82) is 5.26 Å². The molecule has 0 radical (unpaired) electrons. The Morgan fingerprint density at radius 2 is 1.96 bits per heavy atom. The maximum Gasteiger partial charge on any atom is 0.387 e. The molecule has 0 amide bonds. The maximum atomic E-state index is 15.0. The highest BCUT2D eigenvalue weighted by molar-refractivity contribution is 6.03. The van der Waals surface area contributed by atoms with Gasteiger partial charge in [-0.2, -0.15) is 18.4 Å². The van der Waals surface area contributed by atoms with Crippen LogP contribution >= 0.6 is 0 Å². The smallest absolute Gasteiger partial charge is 0.387 e. The van der Waals surface area contributed by atoms with Crippen LogP contribution in [0.4, 0.5) is 17.6 Å². The Hall–Kier alpha value is -3.34. The number of carbonyl (C=O) groups is 1. The summed E-state index contributed by atoms with van der Waals surface area (Å²) in [5.74, 6) is -3.68. The van der Waals surface area contributed by atoms with E-state index in [2.05, 4.69) is 4.74 Å². The molecule has 0 aliphatic rings. The summed E-state index contributed by atoms with van der Waals surface area (Å²) in [6, 6.07) is 9.20. The number of para-hydroxylation sites is 1. The van der Waals surface area contributed by atoms with Gasteiger partial charge in [0, 0.05) is 23.4 Å². The highest BCUT2D eigenvalue weighted by Gasteiger charge is 2.26. The zero-order chi connectivity index (χ0) is 19.0. The van der Waals surface area contributed by atoms with Crippen molar-refractivity contribution in [2.75, 3.05) is 0 Å². The first-order chi connectivity index (χ1) is 12.3. The van der Waals surface area contributed by atoms with Crippen LogP contribution in [0.15, 0.2) is 36.4 Å². The molecule has 8 heteroatoms. The molecule has 2 aromatic carbocycles. The molecule has 0 aliphatic heterocycles. The molecule has 1 heterocycles. The number of halogens is 4. The monoisotopic (exact) mass is 362 g/mol. The third-order valence-corrected chi connectivity index (χ3v) is 3.80. The van der Waals surface area contributed by atoms with Crippen LogP contribution in [0.2, 0.25) is 0 Å². The molecule has 0 atom stereocenters. The van der Waals surface area contributed by atoms with Gasteiger partial charge in [-0.15, -0.1) is 0 Å². The zero-order valence-corrected chi connectivity index (χ0v) is 13.3. The van der Waals surface area contributed by atoms with Gasteiger partial charge >= 0.3 is 6.61 Å². The quantitative estimate of drug-likeness (QED) is 0.634. The summed E-state index contributed by atoms with van der Waals surface area (Å²) in [4.78, 5) is 11.8. The Bertz CT molecular complexity index is 1070. The molecule has 0 saturated heterocycles. The van der Waals surface area contributed by atoms with Gasteiger partial charge in [0.15, 0.2) is 11.6 Å². The third kappa shape index (κ3) is 2.77. The predicted octanol–water partition coefficient (Wildman–Crippen LogP) is 4.72. The first-order valence-electron chi connectivity index (χ1n) is 7.33. The van der Waals surface area contributed by atoms with E-state index < -0.39 is 30.0 Å². The second-order valence-electron chi connectivity index (χ2n) is 5.36. The van der Waals surface area contributed by atoms with Gasteiger partial charge in [0.05, 0.1) is 17.1 Å². The number of alkyl halides is 2. The van der Waals surface area contributed by atoms with Crippen LogP contribution in [0.25, 0.3) is 22.0 Å². The number of nitrogens with zero attached hydrogens (tertiary/aromatic N) is 2. The fourth-order valence-corrected chi connectivity index (χ4v) is 2.81. The van der Waals surface area contributed by atoms with E-state index in [0.717, 1.165) is 17.6 Å². The summed E-state index contributed by atoms with van der Waals surface area (Å²) < 4.78 is 59.3. The normalized spacial score (nSPS) is 11.0. The fraction of sp³-hybridized carbons (Fsp3) is 0.111. The number of rotatable bonds is 3. The van der Waals surface area contributed by atoms with Crippen molar-refractivity contribution in [3.63, 3.8) is 0 Å². The summed E-state index contributed by atoms with van der Waals surface area (Å²) >= 11 is 0. The van der Waals surface area contributed by atoms with E-state index in [0.29, 0.717) is 0 Å². The first kappa shape index (κ1) is 17.5. The minimum Gasteiger partial charge on any atom is -0.431 e. The van der Waals surface area contributed by atoms with E-state index in [-0.39, 0.29) is 27.6 Å². The van der Waals surface area contributed by atoms with Gasteiger partial charge in [-0.1, -0.05) is 12.1 Å². The van der Waals surface area contributed by atoms with Gasteiger partial charge in [-0.05, 0) is 24.3 Å². The molecule has 3 rings (SSSR count). The van der Waals surface area contributed by atoms with Crippen LogP contribution in [0, 0.1) is 23.1 Å². The number of carbonyl (C=O) groups excluding carboxylic acids is 1. The van der Waals surface area contributed by atoms with Crippen molar-refractivity contribution in [3.8, 4) is 22.9 Å². The molecule has 0 bridgehead atoms. The third-order valence-electron chi connectivity index (χ3n) is 3.80. The predicted molar refractivity (Wildman–Crippen MR) is 84.9 cm³/mol. The Kier molecular flexibility index (Phi) is 4.38. The molecule has 0 saturated carbocycles. The van der Waals surface area contributed by atoms with Gasteiger partial charge < -0.3 is 4.74 Å². The van der Waals surface area contributed by atoms with Crippen molar-refractivity contribution >= 4 is 16.8 Å². The van der Waals surface area contributed by atoms with Crippen LogP contribution in [-0.2, 0) is 0 Å². The lowest BCUT2D eigenvalue weighted by molar-refractivity contribution is -0.0517. The fourth-order valence-electron chi connectivity index (χ4n) is 2.81. The van der Waals surface area contributed by atoms with E-state index in [9.17, 15) is 18.0 Å². The number of benzene rings is 2. The molecule has 26 heavy (non-hydrogen) atoms. The lowest BCUT2D eigenvalue weighted by Gasteiger charge is -2.11. The Morgan fingerprint density at radius 3 is 2.58 bits per heavy atom. The van der Waals surface area contributed by atoms with E-state index in [1.807, 2.05) is 6.07 Å². The van der Waals surface area contributed by atoms with E-state index in [4.69, 9.17) is 5.26 Å². The Labute approximate surface area is 144 Å². The minimum absolute atomic E-state index is 0.0986. The van der Waals surface area contributed by atoms with E-state index >= 15 is 4.39 Å². The summed E-state index contributed by atoms with van der Waals surface area (Å²) in [5, 5.41) is 9.16. The molecule has 0 spiro atoms. The lowest BCUT2D eigenvalue weighted by atomic mass is 10.0. The number of ether oxygens (including phenoxy) is 1. The van der Waals surface area contributed by atoms with Crippen molar-refractivity contribution in [2.45, 2.75) is 13.5 Å². The van der Waals surface area contributed by atoms with Gasteiger partial charge in [0.25, 0.3) is 0 Å². The van der Waals surface area contributed by atoms with Crippen molar-refractivity contribution in [1.82, 2.24) is 4.57 Å². The number of nitriles is 1. The standard InChI is InChI=1S/C18H10F4N2O2/c1-9(25)24-14-6-5-10(8-23)7-12(14)15(17(24)20)11-3-2-4-13(19)16(11)26-18(21)22/h2-7,18H,1H3. The topological polar surface area (TPSA) is 55.0 Å². The van der Waals surface area contributed by atoms with E-state index in [1.54, 1.807) is 0 Å². The number of hydrogen-bond donors (Lipinski definition) is 0. The second-order valence-corrected chi connectivity index (χ2v) is 5.36. The zero-order valence-electron chi connectivity index (χ0n) is 13.3. The highest BCUT2D eigenvalue weighted by Crippen LogP contribution is 2.40. The summed E-state index contributed by atoms with van der Waals surface area (Å²) in [6.45, 7) is -2.21. The van der Waals surface area contributed by atoms with Crippen LogP contribution < -0.4 is 4.74 Å². The molecular weight excluding hydrogens is 352 g/mol. The molecule has 0 fully saturated rings. The largest absolute Gasteiger partial charge is 0.431 e. The molecule has 3 aromatic rings. The average molecular weight is 362 g/mol. The molecular formula is C18H10F4N2O2. The maximum absolute atomic E-state index is 15.0. The van der Waals surface area contributed by atoms with E-state index in [1.165, 1.54) is 30.3 Å². The Balaban J connectivity index is 2.43. The second kappa shape index (κ2) is 6.52. The average Bonchev–Trinajstić information content (AvgIpc) is 2.87. The van der Waals surface area contributed by atoms with Crippen molar-refractivity contribution in [2.24, 2.45) is 0 Å². The van der Waals surface area contributed by atoms with Gasteiger partial charge in [-0.3, -0.25) is 9.36 Å². The Morgan fingerprint density at radius 1 is 1.23 bits per heavy atom. The molecule has 0 unspecified atom stereocenters. The van der Waals surface area contributed by atoms with Crippen LogP contribution in [-0.4, -0.2) is 17.1 Å². The minimum atomic E-state index is -3.33. The molecule has 0 N–H and O–H groups in total. The van der Waals surface area contributed by atoms with Crippen LogP contribution in [0.3, 0.4) is 0 Å². The number of fused-ring (bicyclic) bond motifs is 1. The summed E-state index contributed by atoms with van der Waals surface area (Å²) in [5.41, 5.74) is -0.311. The van der Waals surface area contributed by atoms with Crippen LogP contribution in [0.1, 0.15) is 17.3 Å². The van der Waals surface area contributed by atoms with Gasteiger partial charge in [0.2, 0.25) is 11.9 Å². The van der Waals surface area contributed by atoms with Crippen molar-refractivity contribution < 1.29 is 27.1 Å². The number of hydrogen-bond acceptors (Lipinski definition) is 3. The summed E-state index contributed by atoms with van der Waals surface area (Å²) in [7, 11) is 0.